The van der Waals surface area contributed by atoms with Crippen molar-refractivity contribution in [2.75, 3.05) is 5.75 Å². The van der Waals surface area contributed by atoms with Gasteiger partial charge in [0.15, 0.2) is 0 Å². The highest BCUT2D eigenvalue weighted by molar-refractivity contribution is 7.99. The number of carbonyl (C=O) groups is 1. The Balaban J connectivity index is 1.93. The Hall–Kier alpha value is -2.25. The van der Waals surface area contributed by atoms with Crippen molar-refractivity contribution in [3.63, 3.8) is 0 Å². The molecule has 25 heavy (non-hydrogen) atoms. The molecule has 2 heterocycles. The Morgan fingerprint density at radius 3 is 2.80 bits per heavy atom. The molecule has 1 aliphatic rings. The molecule has 128 valence electrons. The first-order valence-electron chi connectivity index (χ1n) is 8.43. The molecule has 1 aromatic heterocycles. The largest absolute Gasteiger partial charge is 0.478 e. The third-order valence-electron chi connectivity index (χ3n) is 4.57. The number of carboxylic acids is 1. The number of aromatic nitrogens is 1. The van der Waals surface area contributed by atoms with Crippen LogP contribution in [0.25, 0.3) is 0 Å². The molecule has 0 bridgehead atoms. The summed E-state index contributed by atoms with van der Waals surface area (Å²) in [7, 11) is 0. The van der Waals surface area contributed by atoms with Gasteiger partial charge in [0, 0.05) is 10.5 Å². The predicted molar refractivity (Wildman–Crippen MR) is 101 cm³/mol. The van der Waals surface area contributed by atoms with Gasteiger partial charge < -0.3 is 5.11 Å². The highest BCUT2D eigenvalue weighted by atomic mass is 32.2. The Morgan fingerprint density at radius 2 is 2.08 bits per heavy atom. The standard InChI is InChI=1S/C21H21NO2S/c1-4-18-16(20(23)24)9-8-15(22-18)7-5-14-6-10-19-17(13-14)21(2,3)11-12-25-19/h6,8-10,13H,4,11-12H2,1-3H3,(H,23,24). The van der Waals surface area contributed by atoms with Gasteiger partial charge in [0.2, 0.25) is 0 Å². The minimum absolute atomic E-state index is 0.176. The number of aromatic carboxylic acids is 1. The summed E-state index contributed by atoms with van der Waals surface area (Å²) in [4.78, 5) is 16.9. The maximum atomic E-state index is 11.2. The molecule has 0 saturated carbocycles. The molecule has 0 unspecified atom stereocenters. The molecule has 0 radical (unpaired) electrons. The van der Waals surface area contributed by atoms with E-state index in [0.29, 0.717) is 17.8 Å². The molecule has 4 heteroatoms. The van der Waals surface area contributed by atoms with Crippen molar-refractivity contribution in [2.24, 2.45) is 0 Å². The van der Waals surface area contributed by atoms with Gasteiger partial charge in [-0.05, 0) is 65.8 Å². The molecule has 0 amide bonds. The number of carboxylic acid groups (broad SMARTS) is 1. The fourth-order valence-electron chi connectivity index (χ4n) is 2.98. The van der Waals surface area contributed by atoms with Crippen LogP contribution in [0.5, 0.6) is 0 Å². The van der Waals surface area contributed by atoms with Gasteiger partial charge in [0.05, 0.1) is 11.3 Å². The Labute approximate surface area is 152 Å². The molecule has 1 aromatic carbocycles. The summed E-state index contributed by atoms with van der Waals surface area (Å²) in [6, 6.07) is 9.65. The van der Waals surface area contributed by atoms with Crippen LogP contribution in [0.15, 0.2) is 35.2 Å². The molecule has 1 aliphatic heterocycles. The van der Waals surface area contributed by atoms with Gasteiger partial charge in [-0.2, -0.15) is 0 Å². The van der Waals surface area contributed by atoms with Crippen LogP contribution in [-0.2, 0) is 11.8 Å². The predicted octanol–water partition coefficient (Wildman–Crippen LogP) is 4.52. The van der Waals surface area contributed by atoms with E-state index in [4.69, 9.17) is 0 Å². The second-order valence-electron chi connectivity index (χ2n) is 6.79. The first-order chi connectivity index (χ1) is 11.9. The molecular formula is C21H21NO2S. The van der Waals surface area contributed by atoms with Crippen molar-refractivity contribution in [3.8, 4) is 11.8 Å². The van der Waals surface area contributed by atoms with Crippen LogP contribution in [-0.4, -0.2) is 21.8 Å². The summed E-state index contributed by atoms with van der Waals surface area (Å²) in [5.41, 5.74) is 3.93. The third-order valence-corrected chi connectivity index (χ3v) is 5.64. The number of fused-ring (bicyclic) bond motifs is 1. The molecule has 3 nitrogen and oxygen atoms in total. The summed E-state index contributed by atoms with van der Waals surface area (Å²) in [6.45, 7) is 6.46. The van der Waals surface area contributed by atoms with Gasteiger partial charge >= 0.3 is 5.97 Å². The maximum absolute atomic E-state index is 11.2. The van der Waals surface area contributed by atoms with Crippen molar-refractivity contribution in [1.29, 1.82) is 0 Å². The van der Waals surface area contributed by atoms with E-state index in [-0.39, 0.29) is 11.0 Å². The van der Waals surface area contributed by atoms with Crippen LogP contribution in [0.2, 0.25) is 0 Å². The number of hydrogen-bond donors (Lipinski definition) is 1. The average molecular weight is 351 g/mol. The maximum Gasteiger partial charge on any atom is 0.337 e. The van der Waals surface area contributed by atoms with Crippen LogP contribution < -0.4 is 0 Å². The van der Waals surface area contributed by atoms with E-state index in [2.05, 4.69) is 42.8 Å². The molecule has 1 N–H and O–H groups in total. The fraction of sp³-hybridized carbons (Fsp3) is 0.333. The van der Waals surface area contributed by atoms with E-state index in [1.807, 2.05) is 24.8 Å². The monoisotopic (exact) mass is 351 g/mol. The van der Waals surface area contributed by atoms with E-state index >= 15 is 0 Å². The van der Waals surface area contributed by atoms with Crippen LogP contribution in [0.4, 0.5) is 0 Å². The van der Waals surface area contributed by atoms with Crippen LogP contribution in [0, 0.1) is 11.8 Å². The van der Waals surface area contributed by atoms with Crippen LogP contribution in [0.1, 0.15) is 60.1 Å². The summed E-state index contributed by atoms with van der Waals surface area (Å²) < 4.78 is 0. The number of thioether (sulfide) groups is 1. The van der Waals surface area contributed by atoms with Crippen molar-refractivity contribution in [3.05, 3.63) is 58.4 Å². The second-order valence-corrected chi connectivity index (χ2v) is 7.93. The van der Waals surface area contributed by atoms with Gasteiger partial charge in [-0.3, -0.25) is 0 Å². The smallest absolute Gasteiger partial charge is 0.337 e. The molecule has 0 atom stereocenters. The van der Waals surface area contributed by atoms with E-state index in [1.165, 1.54) is 16.9 Å². The lowest BCUT2D eigenvalue weighted by Gasteiger charge is -2.32. The number of rotatable bonds is 2. The van der Waals surface area contributed by atoms with Crippen molar-refractivity contribution >= 4 is 17.7 Å². The molecule has 0 fully saturated rings. The van der Waals surface area contributed by atoms with Gasteiger partial charge in [-0.25, -0.2) is 9.78 Å². The molecular weight excluding hydrogens is 330 g/mol. The minimum atomic E-state index is -0.946. The third kappa shape index (κ3) is 3.72. The lowest BCUT2D eigenvalue weighted by Crippen LogP contribution is -2.22. The van der Waals surface area contributed by atoms with Crippen molar-refractivity contribution < 1.29 is 9.90 Å². The zero-order chi connectivity index (χ0) is 18.0. The fourth-order valence-corrected chi connectivity index (χ4v) is 4.47. The van der Waals surface area contributed by atoms with Crippen LogP contribution in [0.3, 0.4) is 0 Å². The molecule has 0 spiro atoms. The zero-order valence-electron chi connectivity index (χ0n) is 14.7. The van der Waals surface area contributed by atoms with Crippen LogP contribution >= 0.6 is 11.8 Å². The van der Waals surface area contributed by atoms with Gasteiger partial charge in [-0.15, -0.1) is 11.8 Å². The van der Waals surface area contributed by atoms with Gasteiger partial charge in [-0.1, -0.05) is 26.7 Å². The van der Waals surface area contributed by atoms with E-state index in [9.17, 15) is 9.90 Å². The summed E-state index contributed by atoms with van der Waals surface area (Å²) in [5, 5.41) is 9.18. The highest BCUT2D eigenvalue weighted by Crippen LogP contribution is 2.41. The quantitative estimate of drug-likeness (QED) is 0.809. The molecule has 3 rings (SSSR count). The Bertz CT molecular complexity index is 890. The van der Waals surface area contributed by atoms with Gasteiger partial charge in [0.25, 0.3) is 0 Å². The lowest BCUT2D eigenvalue weighted by atomic mass is 9.81. The SMILES string of the molecule is CCc1nc(C#Cc2ccc3c(c2)C(C)(C)CCS3)ccc1C(=O)O. The summed E-state index contributed by atoms with van der Waals surface area (Å²) >= 11 is 1.91. The average Bonchev–Trinajstić information content (AvgIpc) is 2.59. The first-order valence-corrected chi connectivity index (χ1v) is 9.42. The Kier molecular flexibility index (Phi) is 4.87. The van der Waals surface area contributed by atoms with E-state index in [1.54, 1.807) is 12.1 Å². The number of nitrogens with zero attached hydrogens (tertiary/aromatic N) is 1. The van der Waals surface area contributed by atoms with Crippen molar-refractivity contribution in [1.82, 2.24) is 4.98 Å². The minimum Gasteiger partial charge on any atom is -0.478 e. The number of hydrogen-bond acceptors (Lipinski definition) is 3. The summed E-state index contributed by atoms with van der Waals surface area (Å²) in [6.07, 6.45) is 1.74. The van der Waals surface area contributed by atoms with Crippen molar-refractivity contribution in [2.45, 2.75) is 43.9 Å². The molecule has 2 aromatic rings. The Morgan fingerprint density at radius 1 is 1.28 bits per heavy atom. The number of aryl methyl sites for hydroxylation is 1. The van der Waals surface area contributed by atoms with E-state index < -0.39 is 5.97 Å². The normalized spacial score (nSPS) is 15.0. The number of benzene rings is 1. The number of pyridine rings is 1. The van der Waals surface area contributed by atoms with E-state index in [0.717, 1.165) is 11.3 Å². The second kappa shape index (κ2) is 6.93. The lowest BCUT2D eigenvalue weighted by molar-refractivity contribution is 0.0695. The highest BCUT2D eigenvalue weighted by Gasteiger charge is 2.27. The molecule has 0 aliphatic carbocycles. The zero-order valence-corrected chi connectivity index (χ0v) is 15.5. The first kappa shape index (κ1) is 17.6. The topological polar surface area (TPSA) is 50.2 Å². The molecule has 0 saturated heterocycles. The van der Waals surface area contributed by atoms with Gasteiger partial charge in [0.1, 0.15) is 5.69 Å². The summed E-state index contributed by atoms with van der Waals surface area (Å²) in [5.74, 6) is 6.47.